The molecule has 34 heavy (non-hydrogen) atoms. The molecule has 0 amide bonds. The van der Waals surface area contributed by atoms with E-state index in [9.17, 15) is 9.90 Å². The van der Waals surface area contributed by atoms with E-state index in [4.69, 9.17) is 47.4 Å². The zero-order valence-electron chi connectivity index (χ0n) is 19.6. The van der Waals surface area contributed by atoms with E-state index in [1.54, 1.807) is 0 Å². The van der Waals surface area contributed by atoms with Crippen LogP contribution >= 0.6 is 0 Å². The highest BCUT2D eigenvalue weighted by Crippen LogP contribution is 2.43. The van der Waals surface area contributed by atoms with Crippen LogP contribution in [0.3, 0.4) is 0 Å². The second-order valence-corrected chi connectivity index (χ2v) is 9.81. The molecule has 6 heterocycles. The Balaban J connectivity index is 0.000000150. The van der Waals surface area contributed by atoms with Gasteiger partial charge in [-0.3, -0.25) is 0 Å². The Bertz CT molecular complexity index is 786. The van der Waals surface area contributed by atoms with E-state index in [0.717, 1.165) is 0 Å². The highest BCUT2D eigenvalue weighted by Gasteiger charge is 2.61. The van der Waals surface area contributed by atoms with E-state index in [1.165, 1.54) is 6.08 Å². The number of aliphatic hydroxyl groups is 1. The molecule has 2 unspecified atom stereocenters. The molecule has 12 heteroatoms. The van der Waals surface area contributed by atoms with E-state index in [-0.39, 0.29) is 43.7 Å². The molecule has 6 rings (SSSR count). The maximum Gasteiger partial charge on any atom is 0.509 e. The molecular weight excluding hydrogens is 456 g/mol. The van der Waals surface area contributed by atoms with E-state index >= 15 is 0 Å². The Labute approximate surface area is 197 Å². The highest BCUT2D eigenvalue weighted by atomic mass is 16.9. The van der Waals surface area contributed by atoms with Crippen LogP contribution in [-0.2, 0) is 47.4 Å². The van der Waals surface area contributed by atoms with Gasteiger partial charge in [0.25, 0.3) is 0 Å². The van der Waals surface area contributed by atoms with Gasteiger partial charge in [0.2, 0.25) is 0 Å². The summed E-state index contributed by atoms with van der Waals surface area (Å²) in [7, 11) is 0. The predicted octanol–water partition coefficient (Wildman–Crippen LogP) is 0.592. The van der Waals surface area contributed by atoms with Crippen molar-refractivity contribution in [3.63, 3.8) is 0 Å². The fraction of sp³-hybridized carbons (Fsp3) is 0.864. The van der Waals surface area contributed by atoms with Crippen LogP contribution < -0.4 is 0 Å². The Morgan fingerprint density at radius 1 is 0.882 bits per heavy atom. The van der Waals surface area contributed by atoms with E-state index < -0.39 is 48.6 Å². The van der Waals surface area contributed by atoms with Crippen LogP contribution in [0.4, 0.5) is 4.79 Å². The smallest absolute Gasteiger partial charge is 0.430 e. The van der Waals surface area contributed by atoms with Crippen molar-refractivity contribution in [2.45, 2.75) is 101 Å². The molecule has 0 aromatic heterocycles. The molecule has 1 N–H and O–H groups in total. The van der Waals surface area contributed by atoms with Gasteiger partial charge < -0.3 is 52.5 Å². The number of aliphatic hydroxyl groups excluding tert-OH is 1. The first-order valence-electron chi connectivity index (χ1n) is 11.4. The molecule has 6 saturated heterocycles. The summed E-state index contributed by atoms with van der Waals surface area (Å²) in [5, 5.41) is 9.52. The van der Waals surface area contributed by atoms with Crippen molar-refractivity contribution in [1.29, 1.82) is 0 Å². The van der Waals surface area contributed by atoms with Crippen LogP contribution in [0, 0.1) is 0 Å². The number of hydrogen-bond donors (Lipinski definition) is 1. The molecule has 10 atom stereocenters. The van der Waals surface area contributed by atoms with Gasteiger partial charge in [0.1, 0.15) is 49.3 Å². The summed E-state index contributed by atoms with van der Waals surface area (Å²) < 4.78 is 54.8. The normalized spacial score (nSPS) is 46.6. The summed E-state index contributed by atoms with van der Waals surface area (Å²) >= 11 is 0. The Morgan fingerprint density at radius 3 is 2.06 bits per heavy atom. The van der Waals surface area contributed by atoms with Crippen molar-refractivity contribution < 1.29 is 57.3 Å². The van der Waals surface area contributed by atoms with Gasteiger partial charge in [0.05, 0.1) is 13.2 Å². The third kappa shape index (κ3) is 4.59. The second-order valence-electron chi connectivity index (χ2n) is 9.81. The monoisotopic (exact) mass is 488 g/mol. The van der Waals surface area contributed by atoms with Gasteiger partial charge >= 0.3 is 6.16 Å². The van der Waals surface area contributed by atoms with Crippen molar-refractivity contribution in [1.82, 2.24) is 0 Å². The first kappa shape index (κ1) is 24.3. The van der Waals surface area contributed by atoms with Crippen molar-refractivity contribution in [2.75, 3.05) is 19.8 Å². The minimum atomic E-state index is -0.762. The molecule has 0 aromatic carbocycles. The summed E-state index contributed by atoms with van der Waals surface area (Å²) in [4.78, 5) is 11.4. The Kier molecular flexibility index (Phi) is 6.41. The minimum absolute atomic E-state index is 0.104. The van der Waals surface area contributed by atoms with Crippen molar-refractivity contribution in [2.24, 2.45) is 0 Å². The van der Waals surface area contributed by atoms with E-state index in [1.807, 2.05) is 27.7 Å². The maximum atomic E-state index is 11.4. The summed E-state index contributed by atoms with van der Waals surface area (Å²) in [5.74, 6) is -1.30. The Hall–Kier alpha value is -1.35. The van der Waals surface area contributed by atoms with Gasteiger partial charge in [-0.2, -0.15) is 0 Å². The van der Waals surface area contributed by atoms with Gasteiger partial charge in [0, 0.05) is 0 Å². The molecule has 12 nitrogen and oxygen atoms in total. The first-order chi connectivity index (χ1) is 16.1. The molecule has 0 aliphatic carbocycles. The van der Waals surface area contributed by atoms with Crippen LogP contribution in [0.5, 0.6) is 0 Å². The van der Waals surface area contributed by atoms with Crippen LogP contribution in [-0.4, -0.2) is 104 Å². The summed E-state index contributed by atoms with van der Waals surface area (Å²) in [6.45, 7) is 11.5. The van der Waals surface area contributed by atoms with Crippen molar-refractivity contribution in [3.8, 4) is 0 Å². The van der Waals surface area contributed by atoms with Crippen LogP contribution in [0.25, 0.3) is 0 Å². The maximum absolute atomic E-state index is 11.4. The molecule has 0 spiro atoms. The minimum Gasteiger partial charge on any atom is -0.430 e. The fourth-order valence-electron chi connectivity index (χ4n) is 4.99. The second kappa shape index (κ2) is 8.95. The number of ether oxygens (including phenoxy) is 10. The quantitative estimate of drug-likeness (QED) is 0.441. The lowest BCUT2D eigenvalue weighted by Crippen LogP contribution is -2.37. The zero-order valence-corrected chi connectivity index (χ0v) is 19.6. The average molecular weight is 488 g/mol. The third-order valence-corrected chi connectivity index (χ3v) is 6.28. The largest absolute Gasteiger partial charge is 0.509 e. The van der Waals surface area contributed by atoms with Gasteiger partial charge in [-0.1, -0.05) is 12.7 Å². The van der Waals surface area contributed by atoms with Crippen molar-refractivity contribution in [3.05, 3.63) is 12.7 Å². The number of rotatable bonds is 3. The molecule has 6 fully saturated rings. The average Bonchev–Trinajstić information content (AvgIpc) is 3.54. The number of carbonyl (C=O) groups excluding carboxylic acids is 1. The lowest BCUT2D eigenvalue weighted by atomic mass is 10.1. The van der Waals surface area contributed by atoms with Crippen LogP contribution in [0.2, 0.25) is 0 Å². The van der Waals surface area contributed by atoms with E-state index in [0.29, 0.717) is 6.61 Å². The number of hydrogen-bond acceptors (Lipinski definition) is 12. The van der Waals surface area contributed by atoms with Gasteiger partial charge in [-0.15, -0.1) is 0 Å². The number of fused-ring (bicyclic) bond motifs is 6. The molecule has 6 aliphatic heterocycles. The molecule has 0 aromatic rings. The van der Waals surface area contributed by atoms with Crippen molar-refractivity contribution >= 4 is 6.16 Å². The molecule has 6 aliphatic rings. The van der Waals surface area contributed by atoms with Crippen LogP contribution in [0.1, 0.15) is 27.7 Å². The van der Waals surface area contributed by atoms with Crippen LogP contribution in [0.15, 0.2) is 12.7 Å². The Morgan fingerprint density at radius 2 is 1.44 bits per heavy atom. The summed E-state index contributed by atoms with van der Waals surface area (Å²) in [5.41, 5.74) is 0. The number of carbonyl (C=O) groups is 1. The zero-order chi connectivity index (χ0) is 24.3. The van der Waals surface area contributed by atoms with Gasteiger partial charge in [-0.05, 0) is 27.7 Å². The summed E-state index contributed by atoms with van der Waals surface area (Å²) in [6.07, 6.45) is -2.91. The fourth-order valence-corrected chi connectivity index (χ4v) is 4.99. The van der Waals surface area contributed by atoms with Gasteiger partial charge in [0.15, 0.2) is 30.3 Å². The summed E-state index contributed by atoms with van der Waals surface area (Å²) in [6, 6.07) is 0. The van der Waals surface area contributed by atoms with E-state index in [2.05, 4.69) is 6.58 Å². The molecule has 0 bridgehead atoms. The third-order valence-electron chi connectivity index (χ3n) is 6.28. The standard InChI is InChI=1S/C13H18O7.C9H14O5/c1-4-5-15-12(14)17-7-6-16-9-8(7)18-11-10(9)19-13(2,3)20-11;1-9(2)13-7-6-5(4(10)3-11-6)12-8(7)14-9/h4,7-11H,1,5-6H2,2-3H3;4-8,10H,3H2,1-2H3/t7-,8?,9+,10-,11-;4-,5?,6+,7-,8-/m11/s1. The first-order valence-corrected chi connectivity index (χ1v) is 11.4. The molecule has 0 saturated carbocycles. The predicted molar refractivity (Wildman–Crippen MR) is 109 cm³/mol. The molecular formula is C22H32O12. The molecule has 0 radical (unpaired) electrons. The molecule has 192 valence electrons. The topological polar surface area (TPSA) is 130 Å². The SMILES string of the molecule is C=CCOC(=O)O[C@@H]1CO[C@H]2C1O[C@@H]1OC(C)(C)O[C@@H]12.CC1(C)O[C@H]2OC3[C@H](O)CO[C@@H]3[C@H]2O1. The van der Waals surface area contributed by atoms with Gasteiger partial charge in [-0.25, -0.2) is 4.79 Å². The lowest BCUT2D eigenvalue weighted by Gasteiger charge is -2.22. The highest BCUT2D eigenvalue weighted by molar-refractivity contribution is 5.60. The lowest BCUT2D eigenvalue weighted by molar-refractivity contribution is -0.215.